The summed E-state index contributed by atoms with van der Waals surface area (Å²) in [5.41, 5.74) is -0.267. The molecule has 1 aromatic heterocycles. The van der Waals surface area contributed by atoms with Gasteiger partial charge in [0.05, 0.1) is 14.2 Å². The maximum absolute atomic E-state index is 12.4. The topological polar surface area (TPSA) is 110 Å². The SMILES string of the molecule is COC(=O)c1c(OC(C)=O)c(OC(C)=O)c(C(=O)OC)n1-c1ccccc1. The number of carbonyl (C=O) groups is 4. The van der Waals surface area contributed by atoms with Gasteiger partial charge in [0.2, 0.25) is 11.5 Å². The number of carbonyl (C=O) groups excluding carboxylic acids is 4. The number of nitrogens with zero attached hydrogens (tertiary/aromatic N) is 1. The number of methoxy groups -OCH3 is 2. The lowest BCUT2D eigenvalue weighted by Crippen LogP contribution is -2.16. The van der Waals surface area contributed by atoms with E-state index in [4.69, 9.17) is 18.9 Å². The molecular formula is C18H17NO8. The molecule has 0 spiro atoms. The van der Waals surface area contributed by atoms with Crippen LogP contribution in [-0.2, 0) is 19.1 Å². The molecule has 9 nitrogen and oxygen atoms in total. The van der Waals surface area contributed by atoms with Crippen LogP contribution in [0.2, 0.25) is 0 Å². The Balaban J connectivity index is 2.99. The molecule has 9 heteroatoms. The summed E-state index contributed by atoms with van der Waals surface area (Å²) in [7, 11) is 2.23. The molecule has 0 atom stereocenters. The maximum Gasteiger partial charge on any atom is 0.359 e. The molecule has 0 aliphatic rings. The number of esters is 4. The number of ether oxygens (including phenoxy) is 4. The van der Waals surface area contributed by atoms with Gasteiger partial charge in [-0.2, -0.15) is 0 Å². The van der Waals surface area contributed by atoms with Crippen molar-refractivity contribution in [3.63, 3.8) is 0 Å². The second-order valence-corrected chi connectivity index (χ2v) is 5.20. The third kappa shape index (κ3) is 3.97. The van der Waals surface area contributed by atoms with Crippen molar-refractivity contribution in [3.8, 4) is 17.2 Å². The van der Waals surface area contributed by atoms with Crippen molar-refractivity contribution in [2.24, 2.45) is 0 Å². The Hall–Kier alpha value is -3.62. The molecule has 1 aromatic carbocycles. The van der Waals surface area contributed by atoms with E-state index >= 15 is 0 Å². The molecule has 0 bridgehead atoms. The van der Waals surface area contributed by atoms with Crippen LogP contribution in [0.1, 0.15) is 34.8 Å². The van der Waals surface area contributed by atoms with Crippen LogP contribution in [0.15, 0.2) is 30.3 Å². The third-order valence-electron chi connectivity index (χ3n) is 3.35. The summed E-state index contributed by atoms with van der Waals surface area (Å²) >= 11 is 0. The Morgan fingerprint density at radius 3 is 1.48 bits per heavy atom. The monoisotopic (exact) mass is 375 g/mol. The molecule has 142 valence electrons. The highest BCUT2D eigenvalue weighted by Crippen LogP contribution is 2.41. The van der Waals surface area contributed by atoms with E-state index in [1.165, 1.54) is 0 Å². The second-order valence-electron chi connectivity index (χ2n) is 5.20. The van der Waals surface area contributed by atoms with E-state index in [1.807, 2.05) is 0 Å². The fraction of sp³-hybridized carbons (Fsp3) is 0.222. The highest BCUT2D eigenvalue weighted by molar-refractivity contribution is 6.02. The zero-order valence-electron chi connectivity index (χ0n) is 15.1. The van der Waals surface area contributed by atoms with Crippen molar-refractivity contribution in [1.82, 2.24) is 4.57 Å². The van der Waals surface area contributed by atoms with E-state index in [9.17, 15) is 19.2 Å². The van der Waals surface area contributed by atoms with E-state index in [1.54, 1.807) is 30.3 Å². The van der Waals surface area contributed by atoms with Gasteiger partial charge in [-0.1, -0.05) is 18.2 Å². The minimum Gasteiger partial charge on any atom is -0.464 e. The lowest BCUT2D eigenvalue weighted by atomic mass is 10.3. The summed E-state index contributed by atoms with van der Waals surface area (Å²) in [6, 6.07) is 8.23. The van der Waals surface area contributed by atoms with Crippen LogP contribution in [0.3, 0.4) is 0 Å². The Kier molecular flexibility index (Phi) is 5.96. The third-order valence-corrected chi connectivity index (χ3v) is 3.35. The summed E-state index contributed by atoms with van der Waals surface area (Å²) in [4.78, 5) is 48.0. The first-order chi connectivity index (χ1) is 12.8. The van der Waals surface area contributed by atoms with E-state index in [0.29, 0.717) is 5.69 Å². The first-order valence-electron chi connectivity index (χ1n) is 7.69. The Labute approximate surface area is 154 Å². The quantitative estimate of drug-likeness (QED) is 0.729. The molecule has 2 rings (SSSR count). The molecule has 0 saturated carbocycles. The molecule has 0 saturated heterocycles. The first kappa shape index (κ1) is 19.7. The fourth-order valence-corrected chi connectivity index (χ4v) is 2.40. The molecule has 0 fully saturated rings. The van der Waals surface area contributed by atoms with Crippen LogP contribution in [0.25, 0.3) is 5.69 Å². The molecule has 1 heterocycles. The van der Waals surface area contributed by atoms with Crippen molar-refractivity contribution in [1.29, 1.82) is 0 Å². The van der Waals surface area contributed by atoms with Gasteiger partial charge >= 0.3 is 23.9 Å². The van der Waals surface area contributed by atoms with Crippen LogP contribution >= 0.6 is 0 Å². The number of benzene rings is 1. The molecular weight excluding hydrogens is 358 g/mol. The predicted octanol–water partition coefficient (Wildman–Crippen LogP) is 1.90. The highest BCUT2D eigenvalue weighted by atomic mass is 16.6. The molecule has 0 amide bonds. The largest absolute Gasteiger partial charge is 0.464 e. The van der Waals surface area contributed by atoms with Crippen LogP contribution in [0, 0.1) is 0 Å². The lowest BCUT2D eigenvalue weighted by Gasteiger charge is -2.11. The zero-order chi connectivity index (χ0) is 20.1. The highest BCUT2D eigenvalue weighted by Gasteiger charge is 2.36. The summed E-state index contributed by atoms with van der Waals surface area (Å²) in [6.07, 6.45) is 0. The minimum absolute atomic E-state index is 0.310. The fourth-order valence-electron chi connectivity index (χ4n) is 2.40. The van der Waals surface area contributed by atoms with Gasteiger partial charge in [0, 0.05) is 19.5 Å². The normalized spacial score (nSPS) is 10.1. The smallest absolute Gasteiger partial charge is 0.359 e. The van der Waals surface area contributed by atoms with Gasteiger partial charge in [0.1, 0.15) is 0 Å². The van der Waals surface area contributed by atoms with Gasteiger partial charge in [-0.15, -0.1) is 0 Å². The molecule has 0 unspecified atom stereocenters. The number of para-hydroxylation sites is 1. The minimum atomic E-state index is -0.918. The van der Waals surface area contributed by atoms with Crippen LogP contribution in [0.4, 0.5) is 0 Å². The van der Waals surface area contributed by atoms with Gasteiger partial charge in [-0.25, -0.2) is 9.59 Å². The molecule has 27 heavy (non-hydrogen) atoms. The van der Waals surface area contributed by atoms with Crippen LogP contribution < -0.4 is 9.47 Å². The maximum atomic E-state index is 12.4. The number of hydrogen-bond donors (Lipinski definition) is 0. The molecule has 0 aliphatic heterocycles. The van der Waals surface area contributed by atoms with Crippen LogP contribution in [-0.4, -0.2) is 42.7 Å². The van der Waals surface area contributed by atoms with E-state index in [0.717, 1.165) is 32.6 Å². The Morgan fingerprint density at radius 2 is 1.15 bits per heavy atom. The second kappa shape index (κ2) is 8.17. The molecule has 0 aliphatic carbocycles. The number of hydrogen-bond acceptors (Lipinski definition) is 8. The number of aromatic nitrogens is 1. The van der Waals surface area contributed by atoms with Crippen molar-refractivity contribution in [2.45, 2.75) is 13.8 Å². The van der Waals surface area contributed by atoms with Gasteiger partial charge in [0.25, 0.3) is 0 Å². The van der Waals surface area contributed by atoms with Crippen molar-refractivity contribution in [2.75, 3.05) is 14.2 Å². The van der Waals surface area contributed by atoms with Gasteiger partial charge in [-0.3, -0.25) is 14.2 Å². The van der Waals surface area contributed by atoms with Crippen molar-refractivity contribution in [3.05, 3.63) is 41.7 Å². The molecule has 2 aromatic rings. The lowest BCUT2D eigenvalue weighted by molar-refractivity contribution is -0.134. The zero-order valence-corrected chi connectivity index (χ0v) is 15.1. The van der Waals surface area contributed by atoms with Crippen LogP contribution in [0.5, 0.6) is 11.5 Å². The Morgan fingerprint density at radius 1 is 0.741 bits per heavy atom. The number of rotatable bonds is 5. The van der Waals surface area contributed by atoms with E-state index in [-0.39, 0.29) is 11.4 Å². The summed E-state index contributed by atoms with van der Waals surface area (Å²) in [5.74, 6) is -4.27. The first-order valence-corrected chi connectivity index (χ1v) is 7.69. The Bertz CT molecular complexity index is 844. The van der Waals surface area contributed by atoms with Gasteiger partial charge in [-0.05, 0) is 12.1 Å². The van der Waals surface area contributed by atoms with E-state index in [2.05, 4.69) is 0 Å². The van der Waals surface area contributed by atoms with Crippen molar-refractivity contribution >= 4 is 23.9 Å². The standard InChI is InChI=1S/C18H17NO8/c1-10(20)26-15-13(17(22)24-3)19(12-8-6-5-7-9-12)14(18(23)25-4)16(15)27-11(2)21/h5-9H,1-4H3. The molecule has 0 N–H and O–H groups in total. The average Bonchev–Trinajstić information content (AvgIpc) is 2.94. The summed E-state index contributed by atoms with van der Waals surface area (Å²) < 4.78 is 20.9. The predicted molar refractivity (Wildman–Crippen MR) is 91.1 cm³/mol. The van der Waals surface area contributed by atoms with Gasteiger partial charge in [0.15, 0.2) is 11.4 Å². The van der Waals surface area contributed by atoms with E-state index < -0.39 is 35.4 Å². The summed E-state index contributed by atoms with van der Waals surface area (Å²) in [5, 5.41) is 0. The van der Waals surface area contributed by atoms with Crippen molar-refractivity contribution < 1.29 is 38.1 Å². The summed E-state index contributed by atoms with van der Waals surface area (Å²) in [6.45, 7) is 2.19. The average molecular weight is 375 g/mol. The molecule has 0 radical (unpaired) electrons. The van der Waals surface area contributed by atoms with Gasteiger partial charge < -0.3 is 18.9 Å².